The maximum Gasteiger partial charge on any atom is 0.310 e. The number of nitrogens with zero attached hydrogens (tertiary/aromatic N) is 11. The molecular weight excluding hydrogens is 1510 g/mol. The van der Waals surface area contributed by atoms with Crippen molar-refractivity contribution in [2.45, 2.75) is 173 Å². The number of esters is 1. The molecule has 1 aliphatic heterocycles. The minimum atomic E-state index is -1.28. The molecule has 8 aromatic rings. The fourth-order valence-corrected chi connectivity index (χ4v) is 15.7. The number of fused-ring (bicyclic) bond motifs is 1. The molecule has 1 saturated heterocycles. The number of benzene rings is 4. The number of carbonyl (C=O) groups excluding carboxylic acids is 4. The van der Waals surface area contributed by atoms with Gasteiger partial charge in [0.1, 0.15) is 18.0 Å². The molecular formula is C93H110ClN13O11. The molecule has 2 unspecified atom stereocenters. The Morgan fingerprint density at radius 3 is 1.71 bits per heavy atom. The molecule has 4 aliphatic rings. The lowest BCUT2D eigenvalue weighted by atomic mass is 9.68. The fraction of sp³-hybridized carbons (Fsp3) is 0.430. The average Bonchev–Trinajstić information content (AvgIpc) is 1.44. The lowest BCUT2D eigenvalue weighted by Gasteiger charge is -2.40. The van der Waals surface area contributed by atoms with Gasteiger partial charge in [0.05, 0.1) is 105 Å². The highest BCUT2D eigenvalue weighted by atomic mass is 35.5. The Morgan fingerprint density at radius 2 is 1.18 bits per heavy atom. The van der Waals surface area contributed by atoms with Crippen LogP contribution in [0.4, 0.5) is 0 Å². The van der Waals surface area contributed by atoms with Crippen molar-refractivity contribution in [2.75, 3.05) is 65.8 Å². The Kier molecular flexibility index (Phi) is 36.2. The second-order valence-electron chi connectivity index (χ2n) is 30.3. The van der Waals surface area contributed by atoms with E-state index in [2.05, 4.69) is 80.4 Å². The summed E-state index contributed by atoms with van der Waals surface area (Å²) in [5.74, 6) is 8.40. The van der Waals surface area contributed by atoms with Crippen LogP contribution in [0.3, 0.4) is 0 Å². The van der Waals surface area contributed by atoms with E-state index in [0.717, 1.165) is 125 Å². The molecule has 620 valence electrons. The van der Waals surface area contributed by atoms with E-state index < -0.39 is 35.7 Å². The van der Waals surface area contributed by atoms with E-state index in [1.54, 1.807) is 12.1 Å². The summed E-state index contributed by atoms with van der Waals surface area (Å²) >= 11 is 6.42. The summed E-state index contributed by atoms with van der Waals surface area (Å²) in [6, 6.07) is 55.5. The predicted molar refractivity (Wildman–Crippen MR) is 452 cm³/mol. The highest BCUT2D eigenvalue weighted by Gasteiger charge is 2.49. The molecule has 0 spiro atoms. The van der Waals surface area contributed by atoms with Gasteiger partial charge in [-0.1, -0.05) is 122 Å². The molecule has 3 amide bonds. The van der Waals surface area contributed by atoms with Gasteiger partial charge in [0.25, 0.3) is 5.91 Å². The number of hydrogen-bond donors (Lipinski definition) is 4. The molecule has 4 aromatic carbocycles. The van der Waals surface area contributed by atoms with E-state index >= 15 is 4.79 Å². The SMILES string of the molecule is C.C/C(=C\C#N)c1ccc(CC(=O)OCC2C3CCC#CCCC32)cc1.[N-]=[N+]=NC[C@H]1O[C@H](CC(=O)NCCOCCOCCNC(=O)c2ccc(CN(CCCCOc3cc(CN(Cc4ccccn4)Cc4ccccn4)cc(CN(Cc4ccccn4)Cc4ccccn4)c3)C(=O)C3(c4ccc(Cl)cc4)CCCCC3)cc2)[C@H](O)[C@@H]1O. The van der Waals surface area contributed by atoms with Crippen molar-refractivity contribution in [2.24, 2.45) is 22.9 Å². The second kappa shape index (κ2) is 47.6. The van der Waals surface area contributed by atoms with Gasteiger partial charge in [0.2, 0.25) is 11.8 Å². The number of halogens is 1. The number of nitrogens with one attached hydrogen (secondary N) is 2. The van der Waals surface area contributed by atoms with Crippen LogP contribution in [-0.2, 0) is 91.0 Å². The fourth-order valence-electron chi connectivity index (χ4n) is 15.6. The molecule has 5 heterocycles. The van der Waals surface area contributed by atoms with Crippen LogP contribution < -0.4 is 15.4 Å². The third-order valence-electron chi connectivity index (χ3n) is 21.7. The van der Waals surface area contributed by atoms with Crippen LogP contribution >= 0.6 is 11.6 Å². The van der Waals surface area contributed by atoms with Gasteiger partial charge < -0.3 is 49.4 Å². The number of aliphatic hydroxyl groups excluding tert-OH is 2. The van der Waals surface area contributed by atoms with Gasteiger partial charge in [-0.25, -0.2) is 0 Å². The number of pyridine rings is 4. The van der Waals surface area contributed by atoms with E-state index in [-0.39, 0.29) is 77.7 Å². The number of unbranched alkanes of at least 4 members (excludes halogenated alkanes) is 1. The number of aromatic nitrogens is 4. The van der Waals surface area contributed by atoms with Crippen molar-refractivity contribution in [3.05, 3.63) is 272 Å². The van der Waals surface area contributed by atoms with Crippen LogP contribution in [0.2, 0.25) is 5.02 Å². The third kappa shape index (κ3) is 28.3. The summed E-state index contributed by atoms with van der Waals surface area (Å²) < 4.78 is 29.0. The number of allylic oxidation sites excluding steroid dienone is 2. The van der Waals surface area contributed by atoms with Crippen LogP contribution in [0, 0.1) is 40.9 Å². The van der Waals surface area contributed by atoms with Crippen molar-refractivity contribution in [3.8, 4) is 23.7 Å². The van der Waals surface area contributed by atoms with Gasteiger partial charge in [0, 0.05) is 125 Å². The van der Waals surface area contributed by atoms with E-state index in [1.807, 2.05) is 176 Å². The van der Waals surface area contributed by atoms with Crippen LogP contribution in [0.1, 0.15) is 158 Å². The van der Waals surface area contributed by atoms with Gasteiger partial charge >= 0.3 is 5.97 Å². The smallest absolute Gasteiger partial charge is 0.310 e. The van der Waals surface area contributed by atoms with Gasteiger partial charge in [-0.15, -0.1) is 11.8 Å². The minimum absolute atomic E-state index is 0. The molecule has 0 bridgehead atoms. The molecule has 24 nitrogen and oxygen atoms in total. The molecule has 0 radical (unpaired) electrons. The number of azide groups is 1. The van der Waals surface area contributed by atoms with Crippen LogP contribution in [0.15, 0.2) is 200 Å². The molecule has 6 atom stereocenters. The number of nitriles is 1. The van der Waals surface area contributed by atoms with Gasteiger partial charge in [-0.05, 0) is 193 Å². The van der Waals surface area contributed by atoms with Crippen molar-refractivity contribution >= 4 is 40.9 Å². The van der Waals surface area contributed by atoms with Crippen molar-refractivity contribution in [1.29, 1.82) is 5.26 Å². The second-order valence-corrected chi connectivity index (χ2v) is 30.7. The van der Waals surface area contributed by atoms with Crippen molar-refractivity contribution in [3.63, 3.8) is 0 Å². The van der Waals surface area contributed by atoms with E-state index in [0.29, 0.717) is 113 Å². The van der Waals surface area contributed by atoms with Crippen molar-refractivity contribution in [1.82, 2.24) is 45.3 Å². The molecule has 25 heteroatoms. The van der Waals surface area contributed by atoms with Crippen LogP contribution in [0.5, 0.6) is 5.75 Å². The van der Waals surface area contributed by atoms with E-state index in [4.69, 9.17) is 46.1 Å². The Balaban J connectivity index is 0.000000478. The highest BCUT2D eigenvalue weighted by molar-refractivity contribution is 6.30. The van der Waals surface area contributed by atoms with Crippen LogP contribution in [-0.4, -0.2) is 159 Å². The zero-order chi connectivity index (χ0) is 81.8. The first-order valence-corrected chi connectivity index (χ1v) is 41.0. The first-order valence-electron chi connectivity index (χ1n) is 40.6. The maximum atomic E-state index is 15.4. The van der Waals surface area contributed by atoms with Gasteiger partial charge in [0.15, 0.2) is 0 Å². The first kappa shape index (κ1) is 89.6. The third-order valence-corrected chi connectivity index (χ3v) is 22.0. The number of ether oxygens (including phenoxy) is 5. The normalized spacial score (nSPS) is 18.3. The summed E-state index contributed by atoms with van der Waals surface area (Å²) in [6.07, 6.45) is 14.7. The van der Waals surface area contributed by atoms with Crippen molar-refractivity contribution < 1.29 is 53.1 Å². The topological polar surface area (TPSA) is 313 Å². The summed E-state index contributed by atoms with van der Waals surface area (Å²) in [5.41, 5.74) is 19.1. The monoisotopic (exact) mass is 1620 g/mol. The Labute approximate surface area is 698 Å². The maximum absolute atomic E-state index is 15.4. The summed E-state index contributed by atoms with van der Waals surface area (Å²) in [7, 11) is 0. The number of rotatable bonds is 41. The van der Waals surface area contributed by atoms with E-state index in [1.165, 1.54) is 6.08 Å². The molecule has 4 N–H and O–H groups in total. The summed E-state index contributed by atoms with van der Waals surface area (Å²) in [4.78, 5) is 81.3. The van der Waals surface area contributed by atoms with Gasteiger partial charge in [-0.2, -0.15) is 5.26 Å². The first-order chi connectivity index (χ1) is 57.2. The van der Waals surface area contributed by atoms with E-state index in [9.17, 15) is 24.6 Å². The standard InChI is InChI=1S/C70H83ClN12O9.C22H23NO2.CH4/c71-57-24-22-56(23-25-57)70(26-6-1-7-27-70)69(88)83(47-52-18-20-55(21-19-52)68(87)78-33-37-90-39-38-89-36-32-77-65(84)43-63-66(85)67(86)64(92-63)44-79-80-72)34-12-13-35-91-62-41-53(45-81(48-58-14-2-8-28-73-58)49-59-15-3-9-29-74-59)40-54(42-62)46-82(50-60-16-4-10-30-75-60)51-61-17-5-11-31-76-61;1-16(12-13-23)18-10-8-17(9-11-18)14-22(24)25-15-21-19-6-4-2-3-5-7-20(19)21;/h2-5,8-11,14-25,28-31,40-42,63-64,66-67,85-86H,1,6-7,12-13,26-27,32-39,43-51H2,(H,77,84)(H,78,87);8-12,19-21H,4-7,14-15H2,1H3;1H4/b;16-12+;/t63-,64-,66+,67-;;/m1../s1. The van der Waals surface area contributed by atoms with Crippen LogP contribution in [0.25, 0.3) is 16.0 Å². The summed E-state index contributed by atoms with van der Waals surface area (Å²) in [6.45, 7) is 8.77. The lowest BCUT2D eigenvalue weighted by molar-refractivity contribution is -0.143. The molecule has 3 aliphatic carbocycles. The molecule has 118 heavy (non-hydrogen) atoms. The lowest BCUT2D eigenvalue weighted by Crippen LogP contribution is -2.48. The number of hydrogen-bond acceptors (Lipinski definition) is 19. The largest absolute Gasteiger partial charge is 0.494 e. The molecule has 3 fully saturated rings. The Bertz CT molecular complexity index is 4420. The number of carbonyl (C=O) groups is 4. The highest BCUT2D eigenvalue weighted by Crippen LogP contribution is 2.52. The molecule has 2 saturated carbocycles. The zero-order valence-corrected chi connectivity index (χ0v) is 67.4. The number of aliphatic hydroxyl groups is 2. The average molecular weight is 1620 g/mol. The molecule has 12 rings (SSSR count). The predicted octanol–water partition coefficient (Wildman–Crippen LogP) is 14.3. The van der Waals surface area contributed by atoms with Gasteiger partial charge in [-0.3, -0.25) is 48.9 Å². The quantitative estimate of drug-likeness (QED) is 0.00526. The molecule has 4 aromatic heterocycles. The Morgan fingerprint density at radius 1 is 0.644 bits per heavy atom. The zero-order valence-electron chi connectivity index (χ0n) is 66.6. The minimum Gasteiger partial charge on any atom is -0.494 e. The number of amides is 3. The Hall–Kier alpha value is -10.7. The summed E-state index contributed by atoms with van der Waals surface area (Å²) in [5, 5.41) is 38.6.